The summed E-state index contributed by atoms with van der Waals surface area (Å²) in [7, 11) is 0. The van der Waals surface area contributed by atoms with Gasteiger partial charge in [-0.15, -0.1) is 0 Å². The fourth-order valence-corrected chi connectivity index (χ4v) is 3.52. The molecule has 1 aromatic rings. The number of hydrogen-bond donors (Lipinski definition) is 4. The Kier molecular flexibility index (Phi) is 24.5. The number of nitrogens with zero attached hydrogens (tertiary/aromatic N) is 1. The van der Waals surface area contributed by atoms with Crippen LogP contribution in [0.15, 0.2) is 36.4 Å². The molecule has 4 N–H and O–H groups in total. The zero-order chi connectivity index (χ0) is 34.8. The molecule has 1 heterocycles. The van der Waals surface area contributed by atoms with Crippen LogP contribution in [0.3, 0.4) is 0 Å². The van der Waals surface area contributed by atoms with Gasteiger partial charge >= 0.3 is 5.97 Å². The van der Waals surface area contributed by atoms with Crippen molar-refractivity contribution in [3.8, 4) is 0 Å². The Morgan fingerprint density at radius 3 is 1.96 bits per heavy atom. The summed E-state index contributed by atoms with van der Waals surface area (Å²) >= 11 is 0. The smallest absolute Gasteiger partial charge is 0.302 e. The number of anilines is 1. The van der Waals surface area contributed by atoms with Crippen molar-refractivity contribution >= 4 is 47.7 Å². The number of rotatable bonds is 14. The van der Waals surface area contributed by atoms with Crippen LogP contribution in [0.1, 0.15) is 86.1 Å². The lowest BCUT2D eigenvalue weighted by Gasteiger charge is -2.21. The monoisotopic (exact) mass is 634 g/mol. The van der Waals surface area contributed by atoms with E-state index >= 15 is 0 Å². The molecule has 1 unspecified atom stereocenters. The summed E-state index contributed by atoms with van der Waals surface area (Å²) < 4.78 is 4.91. The van der Waals surface area contributed by atoms with Crippen LogP contribution in [-0.4, -0.2) is 71.1 Å². The maximum absolute atomic E-state index is 12.6. The lowest BCUT2D eigenvalue weighted by molar-refractivity contribution is -0.142. The van der Waals surface area contributed by atoms with Crippen molar-refractivity contribution in [3.63, 3.8) is 0 Å². The summed E-state index contributed by atoms with van der Waals surface area (Å²) in [6.45, 7) is 13.1. The van der Waals surface area contributed by atoms with Crippen molar-refractivity contribution in [1.29, 1.82) is 0 Å². The number of carboxylic acid groups (broad SMARTS) is 1. The summed E-state index contributed by atoms with van der Waals surface area (Å²) in [5.41, 5.74) is 1.29. The van der Waals surface area contributed by atoms with Crippen LogP contribution in [-0.2, 0) is 44.9 Å². The zero-order valence-corrected chi connectivity index (χ0v) is 27.5. The molecule has 1 aliphatic rings. The second-order valence-corrected chi connectivity index (χ2v) is 9.82. The van der Waals surface area contributed by atoms with Crippen LogP contribution in [0.4, 0.5) is 5.69 Å². The van der Waals surface area contributed by atoms with E-state index in [0.717, 1.165) is 10.5 Å². The van der Waals surface area contributed by atoms with Crippen LogP contribution in [0.5, 0.6) is 0 Å². The summed E-state index contributed by atoms with van der Waals surface area (Å²) in [4.78, 5) is 80.6. The van der Waals surface area contributed by atoms with Gasteiger partial charge in [-0.1, -0.05) is 66.5 Å². The fraction of sp³-hybridized carbons (Fsp3) is 0.531. The van der Waals surface area contributed by atoms with Gasteiger partial charge in [0.25, 0.3) is 18.3 Å². The number of amides is 5. The van der Waals surface area contributed by atoms with Crippen LogP contribution < -0.4 is 16.0 Å². The van der Waals surface area contributed by atoms with Gasteiger partial charge in [-0.25, -0.2) is 0 Å². The van der Waals surface area contributed by atoms with Gasteiger partial charge in [-0.2, -0.15) is 0 Å². The molecule has 252 valence electrons. The van der Waals surface area contributed by atoms with Crippen molar-refractivity contribution in [2.24, 2.45) is 5.92 Å². The molecule has 0 spiro atoms. The summed E-state index contributed by atoms with van der Waals surface area (Å²) in [6.07, 6.45) is 5.71. The predicted molar refractivity (Wildman–Crippen MR) is 171 cm³/mol. The van der Waals surface area contributed by atoms with Crippen LogP contribution in [0.2, 0.25) is 0 Å². The zero-order valence-electron chi connectivity index (χ0n) is 27.5. The third-order valence-corrected chi connectivity index (χ3v) is 5.55. The number of unbranched alkanes of at least 4 members (excludes halogenated alkanes) is 2. The first-order chi connectivity index (χ1) is 21.4. The molecule has 1 aromatic carbocycles. The molecule has 5 amide bonds. The summed E-state index contributed by atoms with van der Waals surface area (Å²) in [6, 6.07) is 5.95. The number of ether oxygens (including phenoxy) is 1. The van der Waals surface area contributed by atoms with E-state index in [1.54, 1.807) is 38.1 Å². The van der Waals surface area contributed by atoms with E-state index in [1.165, 1.54) is 25.5 Å². The number of nitrogens with one attached hydrogen (secondary N) is 3. The Balaban J connectivity index is 0. The van der Waals surface area contributed by atoms with E-state index in [-0.39, 0.29) is 55.7 Å². The van der Waals surface area contributed by atoms with Crippen molar-refractivity contribution in [2.75, 3.05) is 18.4 Å². The quantitative estimate of drug-likeness (QED) is 0.103. The normalized spacial score (nSPS) is 11.9. The van der Waals surface area contributed by atoms with E-state index in [0.29, 0.717) is 31.5 Å². The Hall–Kier alpha value is -4.55. The number of benzene rings is 1. The third-order valence-electron chi connectivity index (χ3n) is 5.55. The predicted octanol–water partition coefficient (Wildman–Crippen LogP) is 3.57. The SMILES string of the molecule is CC.CC(=O)OCc1ccc(NC(=O)CNC(=O)C(NC(=O)CCCCCN2C(=O)C=CC2=O)C(C)C)cc1.CCC.O=CO. The summed E-state index contributed by atoms with van der Waals surface area (Å²) in [5, 5.41) is 14.8. The number of imide groups is 1. The fourth-order valence-electron chi connectivity index (χ4n) is 3.52. The Morgan fingerprint density at radius 1 is 0.933 bits per heavy atom. The molecule has 0 saturated heterocycles. The van der Waals surface area contributed by atoms with E-state index in [4.69, 9.17) is 14.6 Å². The third kappa shape index (κ3) is 20.1. The van der Waals surface area contributed by atoms with Crippen LogP contribution >= 0.6 is 0 Å². The molecule has 45 heavy (non-hydrogen) atoms. The highest BCUT2D eigenvalue weighted by Crippen LogP contribution is 2.11. The van der Waals surface area contributed by atoms with E-state index in [2.05, 4.69) is 29.8 Å². The molecule has 0 fully saturated rings. The highest BCUT2D eigenvalue weighted by molar-refractivity contribution is 6.12. The lowest BCUT2D eigenvalue weighted by atomic mass is 10.0. The first-order valence-electron chi connectivity index (χ1n) is 15.1. The van der Waals surface area contributed by atoms with Crippen molar-refractivity contribution < 1.29 is 43.4 Å². The Morgan fingerprint density at radius 2 is 1.47 bits per heavy atom. The highest BCUT2D eigenvalue weighted by atomic mass is 16.5. The molecule has 2 rings (SSSR count). The molecule has 0 aromatic heterocycles. The van der Waals surface area contributed by atoms with Gasteiger partial charge in [0.15, 0.2) is 0 Å². The van der Waals surface area contributed by atoms with Crippen LogP contribution in [0, 0.1) is 5.92 Å². The topological polar surface area (TPSA) is 188 Å². The van der Waals surface area contributed by atoms with Gasteiger partial charge in [0.1, 0.15) is 12.6 Å². The largest absolute Gasteiger partial charge is 0.483 e. The van der Waals surface area contributed by atoms with Crippen molar-refractivity contribution in [1.82, 2.24) is 15.5 Å². The molecule has 0 aliphatic carbocycles. The summed E-state index contributed by atoms with van der Waals surface area (Å²) in [5.74, 6) is -2.41. The minimum atomic E-state index is -0.799. The molecule has 0 bridgehead atoms. The Labute approximate surface area is 266 Å². The average molecular weight is 635 g/mol. The highest BCUT2D eigenvalue weighted by Gasteiger charge is 2.25. The van der Waals surface area contributed by atoms with Crippen molar-refractivity contribution in [2.45, 2.75) is 93.2 Å². The first-order valence-corrected chi connectivity index (χ1v) is 15.1. The van der Waals surface area contributed by atoms with Gasteiger partial charge in [0.05, 0.1) is 6.54 Å². The molecule has 0 saturated carbocycles. The maximum atomic E-state index is 12.6. The van der Waals surface area contributed by atoms with Gasteiger partial charge in [0.2, 0.25) is 17.7 Å². The van der Waals surface area contributed by atoms with Gasteiger partial charge in [0, 0.05) is 37.7 Å². The molecular formula is C32H50N4O9. The second kappa shape index (κ2) is 25.9. The number of carbonyl (C=O) groups excluding carboxylic acids is 6. The Bertz CT molecular complexity index is 1080. The minimum Gasteiger partial charge on any atom is -0.483 e. The molecule has 0 radical (unpaired) electrons. The van der Waals surface area contributed by atoms with Crippen molar-refractivity contribution in [3.05, 3.63) is 42.0 Å². The first kappa shape index (κ1) is 42.6. The molecular weight excluding hydrogens is 584 g/mol. The van der Waals surface area contributed by atoms with E-state index in [9.17, 15) is 28.8 Å². The van der Waals surface area contributed by atoms with Gasteiger partial charge < -0.3 is 25.8 Å². The molecule has 13 nitrogen and oxygen atoms in total. The van der Waals surface area contributed by atoms with Crippen LogP contribution in [0.25, 0.3) is 0 Å². The number of esters is 1. The lowest BCUT2D eigenvalue weighted by Crippen LogP contribution is -2.51. The second-order valence-electron chi connectivity index (χ2n) is 9.82. The number of carbonyl (C=O) groups is 7. The van der Waals surface area contributed by atoms with Gasteiger partial charge in [-0.05, 0) is 36.5 Å². The minimum absolute atomic E-state index is 0.139. The molecule has 1 atom stereocenters. The van der Waals surface area contributed by atoms with E-state index in [1.807, 2.05) is 13.8 Å². The maximum Gasteiger partial charge on any atom is 0.302 e. The molecule has 13 heteroatoms. The van der Waals surface area contributed by atoms with Gasteiger partial charge in [-0.3, -0.25) is 38.5 Å². The standard InChI is InChI=1S/C26H34N4O7.C3H8.C2H6.CH2O2/c1-17(2)25(29-21(32)7-5-4-6-14-30-23(34)12-13-24(30)35)26(36)27-15-22(33)28-20-10-8-19(9-11-20)16-37-18(3)31;1-3-2;1-2;2-1-3/h8-13,17,25H,4-7,14-16H2,1-3H3,(H,27,36)(H,28,33)(H,29,32);3H2,1-2H3;1-2H3;1H,(H,2,3). The average Bonchev–Trinajstić information content (AvgIpc) is 3.32. The number of hydrogen-bond acceptors (Lipinski definition) is 8. The van der Waals surface area contributed by atoms with E-state index < -0.39 is 17.9 Å². The molecule has 1 aliphatic heterocycles.